The molecule has 0 aliphatic carbocycles. The van der Waals surface area contributed by atoms with Crippen LogP contribution in [0.15, 0.2) is 62.8 Å². The SMILES string of the molecule is Cc1ccc([N+](=O)[O-])cc1S(=O)(=O)NCCn1nc(-c2ccco2)ccc1=O. The molecule has 0 aliphatic heterocycles. The molecule has 0 fully saturated rings. The summed E-state index contributed by atoms with van der Waals surface area (Å²) in [6.07, 6.45) is 1.47. The van der Waals surface area contributed by atoms with E-state index in [9.17, 15) is 23.3 Å². The molecule has 0 unspecified atom stereocenters. The maximum atomic E-state index is 12.5. The third-order valence-electron chi connectivity index (χ3n) is 3.93. The number of nitrogens with one attached hydrogen (secondary N) is 1. The summed E-state index contributed by atoms with van der Waals surface area (Å²) in [5.41, 5.74) is 0.0752. The number of nitro benzene ring substituents is 1. The van der Waals surface area contributed by atoms with E-state index in [1.807, 2.05) is 0 Å². The lowest BCUT2D eigenvalue weighted by Crippen LogP contribution is -2.32. The minimum atomic E-state index is -4.00. The lowest BCUT2D eigenvalue weighted by molar-refractivity contribution is -0.385. The monoisotopic (exact) mass is 404 g/mol. The van der Waals surface area contributed by atoms with Crippen LogP contribution in [0.2, 0.25) is 0 Å². The lowest BCUT2D eigenvalue weighted by Gasteiger charge is -2.10. The molecule has 1 aromatic carbocycles. The molecule has 146 valence electrons. The lowest BCUT2D eigenvalue weighted by atomic mass is 10.2. The predicted octanol–water partition coefficient (Wildman–Crippen LogP) is 1.70. The van der Waals surface area contributed by atoms with E-state index in [4.69, 9.17) is 4.42 Å². The molecule has 0 amide bonds. The van der Waals surface area contributed by atoms with Gasteiger partial charge in [0.05, 0.1) is 22.6 Å². The highest BCUT2D eigenvalue weighted by atomic mass is 32.2. The highest BCUT2D eigenvalue weighted by Gasteiger charge is 2.20. The van der Waals surface area contributed by atoms with Gasteiger partial charge in [-0.3, -0.25) is 14.9 Å². The van der Waals surface area contributed by atoms with Gasteiger partial charge in [-0.05, 0) is 30.7 Å². The zero-order valence-electron chi connectivity index (χ0n) is 14.7. The summed E-state index contributed by atoms with van der Waals surface area (Å²) in [6, 6.07) is 9.79. The molecular weight excluding hydrogens is 388 g/mol. The fraction of sp³-hybridized carbons (Fsp3) is 0.176. The van der Waals surface area contributed by atoms with Crippen LogP contribution in [0.3, 0.4) is 0 Å². The van der Waals surface area contributed by atoms with Crippen LogP contribution in [0, 0.1) is 17.0 Å². The third-order valence-corrected chi connectivity index (χ3v) is 5.53. The summed E-state index contributed by atoms with van der Waals surface area (Å²) in [7, 11) is -4.00. The number of nitro groups is 1. The molecule has 0 spiro atoms. The summed E-state index contributed by atoms with van der Waals surface area (Å²) >= 11 is 0. The van der Waals surface area contributed by atoms with Gasteiger partial charge in [-0.1, -0.05) is 6.07 Å². The highest BCUT2D eigenvalue weighted by molar-refractivity contribution is 7.89. The molecule has 3 aromatic rings. The first-order chi connectivity index (χ1) is 13.3. The number of rotatable bonds is 7. The minimum absolute atomic E-state index is 0.0272. The van der Waals surface area contributed by atoms with E-state index >= 15 is 0 Å². The van der Waals surface area contributed by atoms with Crippen LogP contribution in [-0.2, 0) is 16.6 Å². The number of furan rings is 1. The first-order valence-corrected chi connectivity index (χ1v) is 9.63. The Morgan fingerprint density at radius 1 is 1.25 bits per heavy atom. The second kappa shape index (κ2) is 7.74. The molecule has 0 aliphatic rings. The minimum Gasteiger partial charge on any atom is -0.463 e. The molecular formula is C17H16N4O6S. The van der Waals surface area contributed by atoms with Crippen molar-refractivity contribution in [3.63, 3.8) is 0 Å². The third kappa shape index (κ3) is 4.15. The topological polar surface area (TPSA) is 137 Å². The molecule has 3 rings (SSSR count). The zero-order valence-corrected chi connectivity index (χ0v) is 15.5. The van der Waals surface area contributed by atoms with Crippen LogP contribution in [0.25, 0.3) is 11.5 Å². The van der Waals surface area contributed by atoms with Gasteiger partial charge < -0.3 is 4.42 Å². The van der Waals surface area contributed by atoms with E-state index in [1.165, 1.54) is 37.5 Å². The normalized spacial score (nSPS) is 11.5. The summed E-state index contributed by atoms with van der Waals surface area (Å²) in [5.74, 6) is 0.474. The second-order valence-corrected chi connectivity index (χ2v) is 7.60. The Kier molecular flexibility index (Phi) is 5.38. The summed E-state index contributed by atoms with van der Waals surface area (Å²) in [4.78, 5) is 22.0. The van der Waals surface area contributed by atoms with Gasteiger partial charge in [-0.15, -0.1) is 0 Å². The number of aryl methyl sites for hydroxylation is 1. The number of non-ortho nitro benzene ring substituents is 1. The standard InChI is InChI=1S/C17H16N4O6S/c1-12-4-5-13(21(23)24)11-16(12)28(25,26)18-8-9-20-17(22)7-6-14(19-20)15-3-2-10-27-15/h2-7,10-11,18H,8-9H2,1H3. The van der Waals surface area contributed by atoms with Crippen LogP contribution in [0.4, 0.5) is 5.69 Å². The first kappa shape index (κ1) is 19.5. The number of benzene rings is 1. The van der Waals surface area contributed by atoms with Crippen molar-refractivity contribution in [2.24, 2.45) is 0 Å². The van der Waals surface area contributed by atoms with Crippen LogP contribution in [-0.4, -0.2) is 29.7 Å². The van der Waals surface area contributed by atoms with E-state index in [2.05, 4.69) is 9.82 Å². The molecule has 0 radical (unpaired) electrons. The second-order valence-electron chi connectivity index (χ2n) is 5.86. The molecule has 0 bridgehead atoms. The number of hydrogen-bond acceptors (Lipinski definition) is 7. The van der Waals surface area contributed by atoms with Gasteiger partial charge in [-0.25, -0.2) is 17.8 Å². The fourth-order valence-corrected chi connectivity index (χ4v) is 3.80. The first-order valence-electron chi connectivity index (χ1n) is 8.15. The quantitative estimate of drug-likeness (QED) is 0.467. The molecule has 0 atom stereocenters. The number of nitrogens with zero attached hydrogens (tertiary/aromatic N) is 3. The number of sulfonamides is 1. The van der Waals surface area contributed by atoms with E-state index in [-0.39, 0.29) is 23.7 Å². The van der Waals surface area contributed by atoms with Crippen molar-refractivity contribution in [1.29, 1.82) is 0 Å². The zero-order chi connectivity index (χ0) is 20.3. The van der Waals surface area contributed by atoms with Gasteiger partial charge in [0.1, 0.15) is 5.69 Å². The van der Waals surface area contributed by atoms with Crippen molar-refractivity contribution < 1.29 is 17.8 Å². The summed E-state index contributed by atoms with van der Waals surface area (Å²) in [6.45, 7) is 1.39. The fourth-order valence-electron chi connectivity index (χ4n) is 2.52. The van der Waals surface area contributed by atoms with Gasteiger partial charge >= 0.3 is 0 Å². The number of hydrogen-bond donors (Lipinski definition) is 1. The predicted molar refractivity (Wildman–Crippen MR) is 99.2 cm³/mol. The van der Waals surface area contributed by atoms with Crippen molar-refractivity contribution in [1.82, 2.24) is 14.5 Å². The Morgan fingerprint density at radius 3 is 2.71 bits per heavy atom. The molecule has 2 heterocycles. The van der Waals surface area contributed by atoms with Crippen LogP contribution < -0.4 is 10.3 Å². The molecule has 28 heavy (non-hydrogen) atoms. The van der Waals surface area contributed by atoms with Gasteiger partial charge in [0.15, 0.2) is 5.76 Å². The van der Waals surface area contributed by atoms with Crippen LogP contribution in [0.5, 0.6) is 0 Å². The highest BCUT2D eigenvalue weighted by Crippen LogP contribution is 2.21. The van der Waals surface area contributed by atoms with Crippen molar-refractivity contribution in [2.75, 3.05) is 6.54 Å². The van der Waals surface area contributed by atoms with E-state index in [0.29, 0.717) is 17.0 Å². The van der Waals surface area contributed by atoms with E-state index in [1.54, 1.807) is 12.1 Å². The molecule has 0 saturated carbocycles. The Bertz CT molecular complexity index is 1170. The van der Waals surface area contributed by atoms with Crippen molar-refractivity contribution in [2.45, 2.75) is 18.4 Å². The molecule has 1 N–H and O–H groups in total. The Labute approximate surface area is 159 Å². The average Bonchev–Trinajstić information content (AvgIpc) is 3.18. The van der Waals surface area contributed by atoms with Gasteiger partial charge in [-0.2, -0.15) is 5.10 Å². The van der Waals surface area contributed by atoms with Gasteiger partial charge in [0, 0.05) is 24.7 Å². The number of aromatic nitrogens is 2. The Morgan fingerprint density at radius 2 is 2.04 bits per heavy atom. The van der Waals surface area contributed by atoms with Crippen LogP contribution in [0.1, 0.15) is 5.56 Å². The molecule has 0 saturated heterocycles. The van der Waals surface area contributed by atoms with Crippen molar-refractivity contribution in [3.8, 4) is 11.5 Å². The average molecular weight is 404 g/mol. The smallest absolute Gasteiger partial charge is 0.270 e. The van der Waals surface area contributed by atoms with Gasteiger partial charge in [0.2, 0.25) is 10.0 Å². The molecule has 10 nitrogen and oxygen atoms in total. The molecule has 11 heteroatoms. The maximum Gasteiger partial charge on any atom is 0.270 e. The van der Waals surface area contributed by atoms with Crippen molar-refractivity contribution >= 4 is 15.7 Å². The van der Waals surface area contributed by atoms with Crippen molar-refractivity contribution in [3.05, 3.63) is 74.8 Å². The summed E-state index contributed by atoms with van der Waals surface area (Å²) < 4.78 is 33.7. The Balaban J connectivity index is 1.76. The van der Waals surface area contributed by atoms with Crippen LogP contribution >= 0.6 is 0 Å². The van der Waals surface area contributed by atoms with E-state index in [0.717, 1.165) is 10.7 Å². The summed E-state index contributed by atoms with van der Waals surface area (Å²) in [5, 5.41) is 15.0. The molecule has 2 aromatic heterocycles. The largest absolute Gasteiger partial charge is 0.463 e. The van der Waals surface area contributed by atoms with Gasteiger partial charge in [0.25, 0.3) is 11.2 Å². The van der Waals surface area contributed by atoms with E-state index < -0.39 is 20.5 Å². The Hall–Kier alpha value is -3.31. The maximum absolute atomic E-state index is 12.5.